The zero-order chi connectivity index (χ0) is 19.2. The third-order valence-corrected chi connectivity index (χ3v) is 4.70. The molecule has 1 aromatic rings. The van der Waals surface area contributed by atoms with Gasteiger partial charge >= 0.3 is 0 Å². The summed E-state index contributed by atoms with van der Waals surface area (Å²) in [5, 5.41) is 21.7. The van der Waals surface area contributed by atoms with E-state index in [1.807, 2.05) is 32.5 Å². The van der Waals surface area contributed by atoms with E-state index in [0.717, 1.165) is 49.8 Å². The summed E-state index contributed by atoms with van der Waals surface area (Å²) in [7, 11) is 1.95. The number of nitrogens with one attached hydrogen (secondary N) is 2. The van der Waals surface area contributed by atoms with E-state index >= 15 is 0 Å². The first-order valence-electron chi connectivity index (χ1n) is 9.36. The Morgan fingerprint density at radius 2 is 1.96 bits per heavy atom. The molecule has 0 saturated carbocycles. The molecular formula is C18H35IN6O2. The maximum atomic E-state index is 10.7. The van der Waals surface area contributed by atoms with Crippen LogP contribution in [0.3, 0.4) is 0 Å². The standard InChI is InChI=1S/C18H34N6O2.HI/c1-6-19-17(20-11-16-14(2)22-23(5)15(16)3)21-12-18(4,25)13-24-7-9-26-10-8-24;/h25H,6-13H2,1-5H3,(H2,19,20,21);1H. The second-order valence-corrected chi connectivity index (χ2v) is 7.21. The number of morpholine rings is 1. The lowest BCUT2D eigenvalue weighted by Crippen LogP contribution is -2.52. The Labute approximate surface area is 179 Å². The van der Waals surface area contributed by atoms with Gasteiger partial charge < -0.3 is 20.5 Å². The second-order valence-electron chi connectivity index (χ2n) is 7.21. The number of aliphatic imine (C=N–C) groups is 1. The van der Waals surface area contributed by atoms with Gasteiger partial charge in [0.25, 0.3) is 0 Å². The van der Waals surface area contributed by atoms with Gasteiger partial charge in [0.05, 0.1) is 31.1 Å². The van der Waals surface area contributed by atoms with Crippen molar-refractivity contribution in [3.63, 3.8) is 0 Å². The number of β-amino-alcohol motifs (C(OH)–C–C–N with tert-alkyl or cyclic N) is 1. The predicted molar refractivity (Wildman–Crippen MR) is 119 cm³/mol. The molecule has 3 N–H and O–H groups in total. The fourth-order valence-electron chi connectivity index (χ4n) is 3.12. The van der Waals surface area contributed by atoms with Crippen LogP contribution in [0.2, 0.25) is 0 Å². The predicted octanol–water partition coefficient (Wildman–Crippen LogP) is 0.793. The van der Waals surface area contributed by atoms with Crippen LogP contribution in [0.5, 0.6) is 0 Å². The van der Waals surface area contributed by atoms with Crippen molar-refractivity contribution >= 4 is 29.9 Å². The molecule has 1 aliphatic rings. The molecule has 0 aliphatic carbocycles. The topological polar surface area (TPSA) is 86.9 Å². The van der Waals surface area contributed by atoms with Crippen molar-refractivity contribution in [1.82, 2.24) is 25.3 Å². The summed E-state index contributed by atoms with van der Waals surface area (Å²) in [6.45, 7) is 13.5. The maximum Gasteiger partial charge on any atom is 0.191 e. The lowest BCUT2D eigenvalue weighted by atomic mass is 10.1. The Bertz CT molecular complexity index is 611. The number of halogens is 1. The zero-order valence-corrected chi connectivity index (χ0v) is 19.5. The van der Waals surface area contributed by atoms with Crippen LogP contribution >= 0.6 is 24.0 Å². The number of guanidine groups is 1. The fourth-order valence-corrected chi connectivity index (χ4v) is 3.12. The molecule has 27 heavy (non-hydrogen) atoms. The molecule has 0 bridgehead atoms. The molecule has 2 rings (SSSR count). The van der Waals surface area contributed by atoms with E-state index < -0.39 is 5.60 Å². The Morgan fingerprint density at radius 1 is 1.30 bits per heavy atom. The summed E-state index contributed by atoms with van der Waals surface area (Å²) in [5.74, 6) is 0.706. The van der Waals surface area contributed by atoms with Crippen molar-refractivity contribution in [2.75, 3.05) is 45.9 Å². The normalized spacial score (nSPS) is 17.9. The van der Waals surface area contributed by atoms with Crippen LogP contribution in [0.4, 0.5) is 0 Å². The number of aryl methyl sites for hydroxylation is 2. The Hall–Kier alpha value is -0.910. The van der Waals surface area contributed by atoms with Crippen molar-refractivity contribution in [1.29, 1.82) is 0 Å². The monoisotopic (exact) mass is 494 g/mol. The summed E-state index contributed by atoms with van der Waals surface area (Å²) >= 11 is 0. The molecule has 1 fully saturated rings. The minimum atomic E-state index is -0.840. The first-order chi connectivity index (χ1) is 12.3. The molecule has 2 heterocycles. The Kier molecular flexibility index (Phi) is 9.99. The van der Waals surface area contributed by atoms with Crippen LogP contribution in [0.1, 0.15) is 30.8 Å². The largest absolute Gasteiger partial charge is 0.387 e. The number of hydrogen-bond acceptors (Lipinski definition) is 5. The van der Waals surface area contributed by atoms with Gasteiger partial charge in [-0.2, -0.15) is 5.10 Å². The Balaban J connectivity index is 0.00000364. The highest BCUT2D eigenvalue weighted by Gasteiger charge is 2.25. The van der Waals surface area contributed by atoms with Crippen molar-refractivity contribution < 1.29 is 9.84 Å². The third kappa shape index (κ3) is 7.55. The molecule has 156 valence electrons. The van der Waals surface area contributed by atoms with Gasteiger partial charge in [0, 0.05) is 51.0 Å². The second kappa shape index (κ2) is 11.2. The summed E-state index contributed by atoms with van der Waals surface area (Å²) in [6.07, 6.45) is 0. The summed E-state index contributed by atoms with van der Waals surface area (Å²) < 4.78 is 7.25. The van der Waals surface area contributed by atoms with E-state index in [1.54, 1.807) is 0 Å². The third-order valence-electron chi connectivity index (χ3n) is 4.70. The van der Waals surface area contributed by atoms with E-state index in [4.69, 9.17) is 4.74 Å². The summed E-state index contributed by atoms with van der Waals surface area (Å²) in [4.78, 5) is 6.90. The van der Waals surface area contributed by atoms with Gasteiger partial charge in [-0.05, 0) is 27.7 Å². The molecule has 1 saturated heterocycles. The van der Waals surface area contributed by atoms with Crippen LogP contribution in [-0.4, -0.2) is 77.3 Å². The minimum absolute atomic E-state index is 0. The van der Waals surface area contributed by atoms with Gasteiger partial charge in [0.1, 0.15) is 0 Å². The number of aliphatic hydroxyl groups is 1. The van der Waals surface area contributed by atoms with Gasteiger partial charge in [-0.25, -0.2) is 4.99 Å². The van der Waals surface area contributed by atoms with Gasteiger partial charge in [-0.3, -0.25) is 9.58 Å². The number of nitrogens with zero attached hydrogens (tertiary/aromatic N) is 4. The van der Waals surface area contributed by atoms with E-state index in [1.165, 1.54) is 0 Å². The van der Waals surface area contributed by atoms with Gasteiger partial charge in [0.2, 0.25) is 0 Å². The van der Waals surface area contributed by atoms with Gasteiger partial charge in [-0.1, -0.05) is 0 Å². The van der Waals surface area contributed by atoms with Crippen molar-refractivity contribution in [2.24, 2.45) is 12.0 Å². The number of aromatic nitrogens is 2. The highest BCUT2D eigenvalue weighted by atomic mass is 127. The van der Waals surface area contributed by atoms with Crippen molar-refractivity contribution in [3.8, 4) is 0 Å². The molecule has 1 aromatic heterocycles. The van der Waals surface area contributed by atoms with Crippen molar-refractivity contribution in [3.05, 3.63) is 17.0 Å². The van der Waals surface area contributed by atoms with E-state index in [-0.39, 0.29) is 24.0 Å². The highest BCUT2D eigenvalue weighted by Crippen LogP contribution is 2.13. The van der Waals surface area contributed by atoms with Crippen LogP contribution in [0.15, 0.2) is 4.99 Å². The average Bonchev–Trinajstić information content (AvgIpc) is 2.83. The van der Waals surface area contributed by atoms with Gasteiger partial charge in [0.15, 0.2) is 5.96 Å². The average molecular weight is 494 g/mol. The first kappa shape index (κ1) is 24.1. The number of ether oxygens (including phenoxy) is 1. The SMILES string of the molecule is CCNC(=NCc1c(C)nn(C)c1C)NCC(C)(O)CN1CCOCC1.I. The molecule has 1 unspecified atom stereocenters. The molecule has 0 radical (unpaired) electrons. The smallest absolute Gasteiger partial charge is 0.191 e. The molecule has 9 heteroatoms. The Morgan fingerprint density at radius 3 is 2.52 bits per heavy atom. The van der Waals surface area contributed by atoms with Crippen molar-refractivity contribution in [2.45, 2.75) is 39.8 Å². The molecular weight excluding hydrogens is 459 g/mol. The molecule has 1 aliphatic heterocycles. The van der Waals surface area contributed by atoms with Crippen LogP contribution < -0.4 is 10.6 Å². The quantitative estimate of drug-likeness (QED) is 0.295. The van der Waals surface area contributed by atoms with E-state index in [2.05, 4.69) is 32.5 Å². The highest BCUT2D eigenvalue weighted by molar-refractivity contribution is 14.0. The van der Waals surface area contributed by atoms with E-state index in [9.17, 15) is 5.11 Å². The molecule has 0 aromatic carbocycles. The number of hydrogen-bond donors (Lipinski definition) is 3. The van der Waals surface area contributed by atoms with Crippen LogP contribution in [0.25, 0.3) is 0 Å². The molecule has 0 spiro atoms. The summed E-state index contributed by atoms with van der Waals surface area (Å²) in [6, 6.07) is 0. The maximum absolute atomic E-state index is 10.7. The zero-order valence-electron chi connectivity index (χ0n) is 17.2. The van der Waals surface area contributed by atoms with Crippen LogP contribution in [-0.2, 0) is 18.3 Å². The van der Waals surface area contributed by atoms with Gasteiger partial charge in [-0.15, -0.1) is 24.0 Å². The fraction of sp³-hybridized carbons (Fsp3) is 0.778. The summed E-state index contributed by atoms with van der Waals surface area (Å²) in [5.41, 5.74) is 2.43. The lowest BCUT2D eigenvalue weighted by molar-refractivity contribution is -0.0201. The number of rotatable bonds is 7. The van der Waals surface area contributed by atoms with E-state index in [0.29, 0.717) is 25.6 Å². The first-order valence-corrected chi connectivity index (χ1v) is 9.36. The minimum Gasteiger partial charge on any atom is -0.387 e. The molecule has 8 nitrogen and oxygen atoms in total. The molecule has 1 atom stereocenters. The van der Waals surface area contributed by atoms with Crippen LogP contribution in [0, 0.1) is 13.8 Å². The molecule has 0 amide bonds. The lowest BCUT2D eigenvalue weighted by Gasteiger charge is -2.34.